The van der Waals surface area contributed by atoms with Crippen molar-refractivity contribution in [2.45, 2.75) is 82.9 Å². The molecular formula is C16H29NO3. The zero-order valence-electron chi connectivity index (χ0n) is 12.9. The lowest BCUT2D eigenvalue weighted by Crippen LogP contribution is -2.53. The van der Waals surface area contributed by atoms with E-state index in [4.69, 9.17) is 4.74 Å². The monoisotopic (exact) mass is 283 g/mol. The molecule has 2 fully saturated rings. The maximum absolute atomic E-state index is 11.6. The van der Waals surface area contributed by atoms with Crippen molar-refractivity contribution in [3.63, 3.8) is 0 Å². The van der Waals surface area contributed by atoms with Gasteiger partial charge < -0.3 is 9.84 Å². The molecule has 0 heterocycles. The van der Waals surface area contributed by atoms with Crippen molar-refractivity contribution in [3.8, 4) is 0 Å². The Labute approximate surface area is 122 Å². The van der Waals surface area contributed by atoms with Gasteiger partial charge in [0.2, 0.25) is 0 Å². The number of hydrogen-bond acceptors (Lipinski definition) is 3. The molecular weight excluding hydrogens is 254 g/mol. The predicted molar refractivity (Wildman–Crippen MR) is 78.8 cm³/mol. The summed E-state index contributed by atoms with van der Waals surface area (Å²) >= 11 is 0. The Morgan fingerprint density at radius 2 is 2.00 bits per heavy atom. The van der Waals surface area contributed by atoms with Gasteiger partial charge in [-0.25, -0.2) is 0 Å². The molecule has 2 aliphatic carbocycles. The zero-order valence-corrected chi connectivity index (χ0v) is 12.9. The molecule has 0 saturated heterocycles. The van der Waals surface area contributed by atoms with E-state index in [-0.39, 0.29) is 12.1 Å². The van der Waals surface area contributed by atoms with Crippen LogP contribution in [0.4, 0.5) is 0 Å². The van der Waals surface area contributed by atoms with Crippen LogP contribution in [0.3, 0.4) is 0 Å². The smallest absolute Gasteiger partial charge is 0.324 e. The number of rotatable bonds is 6. The number of carboxylic acids is 1. The largest absolute Gasteiger partial charge is 0.480 e. The molecule has 2 unspecified atom stereocenters. The fourth-order valence-corrected chi connectivity index (χ4v) is 3.71. The zero-order chi connectivity index (χ0) is 14.6. The highest BCUT2D eigenvalue weighted by Gasteiger charge is 2.46. The first-order valence-corrected chi connectivity index (χ1v) is 8.14. The third-order valence-electron chi connectivity index (χ3n) is 4.74. The van der Waals surface area contributed by atoms with E-state index in [1.807, 2.05) is 13.8 Å². The highest BCUT2D eigenvalue weighted by atomic mass is 16.5. The Morgan fingerprint density at radius 3 is 2.60 bits per heavy atom. The fraction of sp³-hybridized carbons (Fsp3) is 0.938. The number of ether oxygens (including phenoxy) is 1. The van der Waals surface area contributed by atoms with E-state index < -0.39 is 11.5 Å². The molecule has 2 saturated carbocycles. The maximum atomic E-state index is 11.6. The summed E-state index contributed by atoms with van der Waals surface area (Å²) in [6.07, 6.45) is 8.82. The topological polar surface area (TPSA) is 58.6 Å². The predicted octanol–water partition coefficient (Wildman–Crippen LogP) is 2.96. The van der Waals surface area contributed by atoms with Crippen LogP contribution in [-0.4, -0.2) is 35.4 Å². The van der Waals surface area contributed by atoms with Gasteiger partial charge in [0.1, 0.15) is 5.54 Å². The molecule has 0 aromatic heterocycles. The number of hydrogen-bond donors (Lipinski definition) is 2. The molecule has 0 radical (unpaired) electrons. The van der Waals surface area contributed by atoms with Gasteiger partial charge in [-0.3, -0.25) is 10.1 Å². The van der Waals surface area contributed by atoms with Crippen molar-refractivity contribution in [3.05, 3.63) is 0 Å². The molecule has 2 rings (SSSR count). The molecule has 0 aromatic carbocycles. The standard InChI is InChI=1S/C16H29NO3/c1-12(2)17-16(15(18)19)9-8-14(10-16)20-11-13-6-4-3-5-7-13/h12-14,17H,3-11H2,1-2H3,(H,18,19). The van der Waals surface area contributed by atoms with Crippen molar-refractivity contribution in [2.24, 2.45) is 5.92 Å². The van der Waals surface area contributed by atoms with Crippen molar-refractivity contribution in [1.29, 1.82) is 0 Å². The van der Waals surface area contributed by atoms with Crippen molar-refractivity contribution >= 4 is 5.97 Å². The van der Waals surface area contributed by atoms with E-state index in [0.717, 1.165) is 13.0 Å². The summed E-state index contributed by atoms with van der Waals surface area (Å²) in [4.78, 5) is 11.6. The molecule has 0 amide bonds. The van der Waals surface area contributed by atoms with Crippen LogP contribution in [0.25, 0.3) is 0 Å². The number of carbonyl (C=O) groups is 1. The molecule has 2 aliphatic rings. The van der Waals surface area contributed by atoms with Crippen LogP contribution < -0.4 is 5.32 Å². The Hall–Kier alpha value is -0.610. The molecule has 0 bridgehead atoms. The summed E-state index contributed by atoms with van der Waals surface area (Å²) in [5.74, 6) is -0.0309. The van der Waals surface area contributed by atoms with Crippen LogP contribution in [-0.2, 0) is 9.53 Å². The summed E-state index contributed by atoms with van der Waals surface area (Å²) in [6.45, 7) is 4.82. The second kappa shape index (κ2) is 6.90. The first-order valence-electron chi connectivity index (χ1n) is 8.14. The van der Waals surface area contributed by atoms with Crippen LogP contribution in [0.5, 0.6) is 0 Å². The first-order chi connectivity index (χ1) is 9.52. The highest BCUT2D eigenvalue weighted by molar-refractivity contribution is 5.79. The van der Waals surface area contributed by atoms with E-state index in [2.05, 4.69) is 5.32 Å². The third kappa shape index (κ3) is 3.95. The minimum atomic E-state index is -0.772. The van der Waals surface area contributed by atoms with Gasteiger partial charge in [-0.1, -0.05) is 19.3 Å². The lowest BCUT2D eigenvalue weighted by atomic mass is 9.90. The molecule has 0 spiro atoms. The summed E-state index contributed by atoms with van der Waals surface area (Å²) in [5, 5.41) is 12.8. The summed E-state index contributed by atoms with van der Waals surface area (Å²) < 4.78 is 6.03. The first kappa shape index (κ1) is 15.8. The summed E-state index contributed by atoms with van der Waals surface area (Å²) in [7, 11) is 0. The van der Waals surface area contributed by atoms with Crippen molar-refractivity contribution in [2.75, 3.05) is 6.61 Å². The van der Waals surface area contributed by atoms with Gasteiger partial charge >= 0.3 is 5.97 Å². The van der Waals surface area contributed by atoms with Crippen LogP contribution in [0.1, 0.15) is 65.2 Å². The maximum Gasteiger partial charge on any atom is 0.324 e. The molecule has 20 heavy (non-hydrogen) atoms. The number of carboxylic acid groups (broad SMARTS) is 1. The molecule has 0 aromatic rings. The second-order valence-corrected chi connectivity index (χ2v) is 6.89. The van der Waals surface area contributed by atoms with Crippen LogP contribution in [0.15, 0.2) is 0 Å². The van der Waals surface area contributed by atoms with E-state index in [1.165, 1.54) is 32.1 Å². The Morgan fingerprint density at radius 1 is 1.30 bits per heavy atom. The Kier molecular flexibility index (Phi) is 5.44. The minimum absolute atomic E-state index is 0.110. The quantitative estimate of drug-likeness (QED) is 0.787. The second-order valence-electron chi connectivity index (χ2n) is 6.89. The average Bonchev–Trinajstić information content (AvgIpc) is 2.81. The van der Waals surface area contributed by atoms with Crippen molar-refractivity contribution < 1.29 is 14.6 Å². The van der Waals surface area contributed by atoms with Gasteiger partial charge in [0.05, 0.1) is 6.10 Å². The van der Waals surface area contributed by atoms with Gasteiger partial charge in [-0.15, -0.1) is 0 Å². The third-order valence-corrected chi connectivity index (χ3v) is 4.74. The van der Waals surface area contributed by atoms with Crippen LogP contribution in [0.2, 0.25) is 0 Å². The minimum Gasteiger partial charge on any atom is -0.480 e. The molecule has 4 nitrogen and oxygen atoms in total. The normalized spacial score (nSPS) is 31.9. The van der Waals surface area contributed by atoms with Crippen LogP contribution in [0, 0.1) is 5.92 Å². The van der Waals surface area contributed by atoms with E-state index in [9.17, 15) is 9.90 Å². The van der Waals surface area contributed by atoms with Gasteiger partial charge in [0, 0.05) is 19.1 Å². The summed E-state index contributed by atoms with van der Waals surface area (Å²) in [6, 6.07) is 0.184. The molecule has 0 aliphatic heterocycles. The lowest BCUT2D eigenvalue weighted by molar-refractivity contribution is -0.145. The van der Waals surface area contributed by atoms with Gasteiger partial charge in [-0.05, 0) is 45.4 Å². The highest BCUT2D eigenvalue weighted by Crippen LogP contribution is 2.34. The van der Waals surface area contributed by atoms with E-state index in [0.29, 0.717) is 18.8 Å². The molecule has 4 heteroatoms. The fourth-order valence-electron chi connectivity index (χ4n) is 3.71. The number of nitrogens with one attached hydrogen (secondary N) is 1. The molecule has 2 atom stereocenters. The summed E-state index contributed by atoms with van der Waals surface area (Å²) in [5.41, 5.74) is -0.772. The van der Waals surface area contributed by atoms with Gasteiger partial charge in [0.25, 0.3) is 0 Å². The SMILES string of the molecule is CC(C)NC1(C(=O)O)CCC(OCC2CCCCC2)C1. The Bertz CT molecular complexity index is 326. The average molecular weight is 283 g/mol. The van der Waals surface area contributed by atoms with E-state index in [1.54, 1.807) is 0 Å². The molecule has 2 N–H and O–H groups in total. The van der Waals surface area contributed by atoms with Gasteiger partial charge in [-0.2, -0.15) is 0 Å². The van der Waals surface area contributed by atoms with Gasteiger partial charge in [0.15, 0.2) is 0 Å². The number of aliphatic carboxylic acids is 1. The Balaban J connectivity index is 1.81. The van der Waals surface area contributed by atoms with E-state index >= 15 is 0 Å². The molecule has 116 valence electrons. The van der Waals surface area contributed by atoms with Crippen LogP contribution >= 0.6 is 0 Å². The van der Waals surface area contributed by atoms with Crippen molar-refractivity contribution in [1.82, 2.24) is 5.32 Å². The lowest BCUT2D eigenvalue weighted by Gasteiger charge is -2.29.